The number of aryl methyl sites for hydroxylation is 2. The molecule has 0 unspecified atom stereocenters. The van der Waals surface area contributed by atoms with E-state index < -0.39 is 0 Å². The van der Waals surface area contributed by atoms with Crippen molar-refractivity contribution in [3.05, 3.63) is 139 Å². The Morgan fingerprint density at radius 1 is 0.619 bits per heavy atom. The van der Waals surface area contributed by atoms with Crippen molar-refractivity contribution in [2.24, 2.45) is 14.1 Å². The minimum absolute atomic E-state index is 0.158. The van der Waals surface area contributed by atoms with Crippen LogP contribution in [-0.4, -0.2) is 122 Å². The van der Waals surface area contributed by atoms with Crippen LogP contribution in [0.3, 0.4) is 0 Å². The molecule has 2 aliphatic rings. The lowest BCUT2D eigenvalue weighted by Gasteiger charge is -2.34. The van der Waals surface area contributed by atoms with E-state index in [1.165, 1.54) is 0 Å². The Morgan fingerprint density at radius 2 is 1.11 bits per heavy atom. The van der Waals surface area contributed by atoms with Gasteiger partial charge in [-0.3, -0.25) is 9.59 Å². The average molecular weight is 869 g/mol. The first-order valence-electron chi connectivity index (χ1n) is 20.7. The molecule has 8 heterocycles. The molecule has 0 spiro atoms. The number of carbonyl (C=O) groups excluding carboxylic acids is 2. The van der Waals surface area contributed by atoms with E-state index in [4.69, 9.17) is 16.6 Å². The summed E-state index contributed by atoms with van der Waals surface area (Å²) in [6.07, 6.45) is 11.9. The molecule has 8 aromatic rings. The molecule has 0 bridgehead atoms. The highest BCUT2D eigenvalue weighted by Gasteiger charge is 2.24. The smallest absolute Gasteiger partial charge is 0.245 e. The van der Waals surface area contributed by atoms with Crippen molar-refractivity contribution in [2.45, 2.75) is 12.8 Å². The molecule has 63 heavy (non-hydrogen) atoms. The van der Waals surface area contributed by atoms with Gasteiger partial charge in [0.2, 0.25) is 23.0 Å². The zero-order chi connectivity index (χ0) is 43.5. The van der Waals surface area contributed by atoms with Crippen molar-refractivity contribution >= 4 is 63.7 Å². The summed E-state index contributed by atoms with van der Waals surface area (Å²) >= 11 is 5.84. The van der Waals surface area contributed by atoms with E-state index in [9.17, 15) is 9.59 Å². The molecule has 2 amide bonds. The van der Waals surface area contributed by atoms with Crippen LogP contribution in [0.25, 0.3) is 11.0 Å². The second-order valence-corrected chi connectivity index (χ2v) is 15.4. The second kappa shape index (κ2) is 20.0. The van der Waals surface area contributed by atoms with Crippen LogP contribution in [0.5, 0.6) is 0 Å². The predicted octanol–water partition coefficient (Wildman–Crippen LogP) is 4.62. The van der Waals surface area contributed by atoms with Gasteiger partial charge in [0, 0.05) is 91.2 Å². The Morgan fingerprint density at radius 3 is 1.62 bits per heavy atom. The summed E-state index contributed by atoms with van der Waals surface area (Å²) < 4.78 is 7.22. The first kappa shape index (κ1) is 42.4. The number of nitrogens with one attached hydrogen (secondary N) is 3. The molecule has 10 rings (SSSR count). The van der Waals surface area contributed by atoms with Gasteiger partial charge < -0.3 is 39.8 Å². The van der Waals surface area contributed by atoms with E-state index in [0.717, 1.165) is 54.2 Å². The van der Waals surface area contributed by atoms with Crippen molar-refractivity contribution in [1.29, 1.82) is 0 Å². The standard InChI is InChI=1S/C22H24N8O.C12H16N2O.C10H9ClN6/c1-27-15-19(23-16-27)24-21-18-8-5-9-30(18)26-22(25-21)29-12-10-28(11-13-29)20(31)14-17-6-3-2-4-7-17;15-12(14-8-6-13-7-9-14)10-11-4-2-1-3-5-11;1-16-5-8(12-6-16)13-9-7-3-2-4-17(7)15-10(11)14-9/h2-9,15-16H,10-14H2,1H3,(H,24,25,26);1-5,13H,6-10H2;2-6H,1H3,(H,13,14,15). The summed E-state index contributed by atoms with van der Waals surface area (Å²) in [6.45, 7) is 6.20. The summed E-state index contributed by atoms with van der Waals surface area (Å²) in [7, 11) is 3.83. The average Bonchev–Trinajstić information content (AvgIpc) is 4.14. The highest BCUT2D eigenvalue weighted by atomic mass is 35.5. The molecule has 6 aromatic heterocycles. The summed E-state index contributed by atoms with van der Waals surface area (Å²) in [5, 5.41) is 18.5. The van der Waals surface area contributed by atoms with Crippen molar-refractivity contribution in [1.82, 2.24) is 63.4 Å². The third-order valence-electron chi connectivity index (χ3n) is 10.4. The lowest BCUT2D eigenvalue weighted by atomic mass is 10.1. The Balaban J connectivity index is 0.000000143. The maximum absolute atomic E-state index is 12.7. The van der Waals surface area contributed by atoms with Gasteiger partial charge in [0.1, 0.15) is 22.7 Å². The van der Waals surface area contributed by atoms with Gasteiger partial charge in [-0.1, -0.05) is 60.7 Å². The summed E-state index contributed by atoms with van der Waals surface area (Å²) in [5.74, 6) is 3.81. The molecule has 19 heteroatoms. The lowest BCUT2D eigenvalue weighted by Crippen LogP contribution is -2.49. The zero-order valence-corrected chi connectivity index (χ0v) is 35.9. The van der Waals surface area contributed by atoms with Crippen LogP contribution in [0.1, 0.15) is 11.1 Å². The van der Waals surface area contributed by atoms with E-state index in [1.54, 1.807) is 17.2 Å². The molecule has 2 aliphatic heterocycles. The highest BCUT2D eigenvalue weighted by molar-refractivity contribution is 6.28. The van der Waals surface area contributed by atoms with E-state index in [1.807, 2.05) is 147 Å². The van der Waals surface area contributed by atoms with Crippen molar-refractivity contribution < 1.29 is 9.59 Å². The maximum atomic E-state index is 12.7. The van der Waals surface area contributed by atoms with Gasteiger partial charge in [0.25, 0.3) is 0 Å². The van der Waals surface area contributed by atoms with Crippen LogP contribution in [-0.2, 0) is 36.5 Å². The number of hydrogen-bond donors (Lipinski definition) is 3. The normalized spacial score (nSPS) is 13.9. The number of fused-ring (bicyclic) bond motifs is 2. The molecule has 0 atom stereocenters. The summed E-state index contributed by atoms with van der Waals surface area (Å²) in [6, 6.07) is 27.5. The van der Waals surface area contributed by atoms with Gasteiger partial charge in [0.05, 0.1) is 25.5 Å². The van der Waals surface area contributed by atoms with E-state index in [0.29, 0.717) is 62.4 Å². The van der Waals surface area contributed by atoms with Crippen molar-refractivity contribution in [2.75, 3.05) is 67.9 Å². The highest BCUT2D eigenvalue weighted by Crippen LogP contribution is 2.23. The SMILES string of the molecule is Cn1cnc(Nc2nc(Cl)nn3cccc23)c1.Cn1cnc(Nc2nc(N3CCN(C(=O)Cc4ccccc4)CC3)nn3cccc23)c1.O=C(Cc1ccccc1)N1CCNCC1. The topological polar surface area (TPSA) is 176 Å². The summed E-state index contributed by atoms with van der Waals surface area (Å²) in [5.41, 5.74) is 3.87. The van der Waals surface area contributed by atoms with Crippen LogP contribution in [0.15, 0.2) is 122 Å². The Hall–Kier alpha value is -7.31. The fourth-order valence-corrected chi connectivity index (χ4v) is 7.35. The Bertz CT molecular complexity index is 2730. The number of anilines is 5. The number of halogens is 1. The van der Waals surface area contributed by atoms with Gasteiger partial charge in [-0.25, -0.2) is 19.0 Å². The number of benzene rings is 2. The number of hydrogen-bond acceptors (Lipinski definition) is 12. The van der Waals surface area contributed by atoms with Crippen molar-refractivity contribution in [3.63, 3.8) is 0 Å². The molecule has 2 fully saturated rings. The molecule has 324 valence electrons. The number of carbonyl (C=O) groups is 2. The van der Waals surface area contributed by atoms with Gasteiger partial charge >= 0.3 is 0 Å². The fourth-order valence-electron chi connectivity index (χ4n) is 7.18. The van der Waals surface area contributed by atoms with Crippen LogP contribution >= 0.6 is 11.6 Å². The van der Waals surface area contributed by atoms with E-state index in [2.05, 4.69) is 46.0 Å². The monoisotopic (exact) mass is 868 g/mol. The Labute approximate surface area is 369 Å². The molecule has 2 saturated heterocycles. The molecule has 0 aliphatic carbocycles. The van der Waals surface area contributed by atoms with Crippen LogP contribution in [0.4, 0.5) is 29.2 Å². The van der Waals surface area contributed by atoms with Gasteiger partial charge in [-0.05, 0) is 47.0 Å². The van der Waals surface area contributed by atoms with Gasteiger partial charge in [-0.2, -0.15) is 9.97 Å². The van der Waals surface area contributed by atoms with Gasteiger partial charge in [-0.15, -0.1) is 10.2 Å². The molecule has 3 N–H and O–H groups in total. The molecule has 2 aromatic carbocycles. The lowest BCUT2D eigenvalue weighted by molar-refractivity contribution is -0.131. The third kappa shape index (κ3) is 11.2. The second-order valence-electron chi connectivity index (χ2n) is 15.1. The first-order valence-corrected chi connectivity index (χ1v) is 21.1. The zero-order valence-electron chi connectivity index (χ0n) is 35.1. The minimum Gasteiger partial charge on any atom is -0.340 e. The molecule has 0 radical (unpaired) electrons. The molecule has 18 nitrogen and oxygen atoms in total. The van der Waals surface area contributed by atoms with Gasteiger partial charge in [0.15, 0.2) is 11.6 Å². The number of imidazole rings is 2. The largest absolute Gasteiger partial charge is 0.340 e. The first-order chi connectivity index (χ1) is 30.7. The minimum atomic E-state index is 0.158. The summed E-state index contributed by atoms with van der Waals surface area (Å²) in [4.78, 5) is 47.9. The quantitative estimate of drug-likeness (QED) is 0.184. The maximum Gasteiger partial charge on any atom is 0.245 e. The van der Waals surface area contributed by atoms with Crippen LogP contribution < -0.4 is 20.9 Å². The Kier molecular flexibility index (Phi) is 13.5. The fraction of sp³-hybridized carbons (Fsp3) is 0.273. The number of nitrogens with zero attached hydrogens (tertiary/aromatic N) is 13. The number of rotatable bonds is 9. The molecular formula is C44H49ClN16O2. The molecular weight excluding hydrogens is 820 g/mol. The van der Waals surface area contributed by atoms with E-state index >= 15 is 0 Å². The van der Waals surface area contributed by atoms with Crippen LogP contribution in [0.2, 0.25) is 5.28 Å². The van der Waals surface area contributed by atoms with E-state index in [-0.39, 0.29) is 17.1 Å². The predicted molar refractivity (Wildman–Crippen MR) is 243 cm³/mol. The number of aromatic nitrogens is 10. The third-order valence-corrected chi connectivity index (χ3v) is 10.6. The number of amides is 2. The van der Waals surface area contributed by atoms with Crippen molar-refractivity contribution in [3.8, 4) is 0 Å². The van der Waals surface area contributed by atoms with Crippen LogP contribution in [0, 0.1) is 0 Å². The molecule has 0 saturated carbocycles. The number of piperazine rings is 2.